The van der Waals surface area contributed by atoms with Crippen molar-refractivity contribution in [2.45, 2.75) is 37.0 Å². The summed E-state index contributed by atoms with van der Waals surface area (Å²) < 4.78 is 0. The predicted molar refractivity (Wildman–Crippen MR) is 135 cm³/mol. The Labute approximate surface area is 200 Å². The summed E-state index contributed by atoms with van der Waals surface area (Å²) in [7, 11) is 0. The molecule has 0 aromatic heterocycles. The Kier molecular flexibility index (Phi) is 6.72. The van der Waals surface area contributed by atoms with Crippen LogP contribution in [0.25, 0.3) is 6.08 Å². The second-order valence-electron chi connectivity index (χ2n) is 9.06. The van der Waals surface area contributed by atoms with Crippen molar-refractivity contribution in [3.63, 3.8) is 0 Å². The third-order valence-electron chi connectivity index (χ3n) is 6.97. The Hall–Kier alpha value is -2.73. The van der Waals surface area contributed by atoms with Crippen LogP contribution in [0.5, 0.6) is 0 Å². The van der Waals surface area contributed by atoms with Crippen molar-refractivity contribution < 1.29 is 9.59 Å². The summed E-state index contributed by atoms with van der Waals surface area (Å²) in [5.41, 5.74) is 2.24. The van der Waals surface area contributed by atoms with Gasteiger partial charge in [-0.15, -0.1) is 11.8 Å². The molecule has 2 aromatic rings. The maximum atomic E-state index is 13.5. The average Bonchev–Trinajstić information content (AvgIpc) is 2.87. The van der Waals surface area contributed by atoms with E-state index in [1.165, 1.54) is 12.1 Å². The van der Waals surface area contributed by atoms with Gasteiger partial charge in [0.25, 0.3) is 5.91 Å². The standard InChI is InChI=1S/C27H31N3O2S/c31-26(29-17-15-28(16-18-29)22-11-5-2-6-12-22)20-30-23-13-7-8-14-24(23)33-25(27(30)32)19-21-9-3-1-4-10-21/h1-6,9-12,19,23-24H,7-8,13-18,20H2/b25-19-. The molecule has 3 aliphatic rings. The van der Waals surface area contributed by atoms with Gasteiger partial charge in [0.05, 0.1) is 4.91 Å². The number of fused-ring (bicyclic) bond motifs is 1. The lowest BCUT2D eigenvalue weighted by Crippen LogP contribution is -2.57. The fourth-order valence-corrected chi connectivity index (χ4v) is 6.63. The minimum absolute atomic E-state index is 0.0169. The fraction of sp³-hybridized carbons (Fsp3) is 0.407. The highest BCUT2D eigenvalue weighted by atomic mass is 32.2. The summed E-state index contributed by atoms with van der Waals surface area (Å²) in [5.74, 6) is 0.0922. The maximum absolute atomic E-state index is 13.5. The minimum atomic E-state index is 0.0169. The molecule has 3 fully saturated rings. The smallest absolute Gasteiger partial charge is 0.261 e. The Morgan fingerprint density at radius 1 is 0.909 bits per heavy atom. The van der Waals surface area contributed by atoms with E-state index in [9.17, 15) is 9.59 Å². The van der Waals surface area contributed by atoms with Crippen LogP contribution in [0.3, 0.4) is 0 Å². The van der Waals surface area contributed by atoms with Gasteiger partial charge in [-0.3, -0.25) is 9.59 Å². The molecule has 172 valence electrons. The number of carbonyl (C=O) groups is 2. The average molecular weight is 462 g/mol. The zero-order chi connectivity index (χ0) is 22.6. The summed E-state index contributed by atoms with van der Waals surface area (Å²) >= 11 is 1.72. The molecule has 0 N–H and O–H groups in total. The first kappa shape index (κ1) is 22.1. The van der Waals surface area contributed by atoms with E-state index >= 15 is 0 Å². The molecule has 5 rings (SSSR count). The van der Waals surface area contributed by atoms with Gasteiger partial charge in [-0.05, 0) is 36.6 Å². The molecule has 0 spiro atoms. The zero-order valence-corrected chi connectivity index (χ0v) is 19.8. The molecular formula is C27H31N3O2S. The number of piperazine rings is 1. The third kappa shape index (κ3) is 4.96. The number of thioether (sulfide) groups is 1. The van der Waals surface area contributed by atoms with Crippen molar-refractivity contribution in [1.29, 1.82) is 0 Å². The number of nitrogens with zero attached hydrogens (tertiary/aromatic N) is 3. The molecule has 2 unspecified atom stereocenters. The van der Waals surface area contributed by atoms with E-state index in [0.29, 0.717) is 18.3 Å². The van der Waals surface area contributed by atoms with Crippen molar-refractivity contribution in [1.82, 2.24) is 9.80 Å². The highest BCUT2D eigenvalue weighted by molar-refractivity contribution is 8.04. The van der Waals surface area contributed by atoms with Crippen LogP contribution in [0.1, 0.15) is 31.2 Å². The second kappa shape index (κ2) is 10.0. The molecule has 2 aromatic carbocycles. The molecule has 2 atom stereocenters. The van der Waals surface area contributed by atoms with Gasteiger partial charge in [0.15, 0.2) is 0 Å². The van der Waals surface area contributed by atoms with Crippen molar-refractivity contribution in [2.75, 3.05) is 37.6 Å². The molecule has 5 nitrogen and oxygen atoms in total. The van der Waals surface area contributed by atoms with E-state index < -0.39 is 0 Å². The van der Waals surface area contributed by atoms with Crippen molar-refractivity contribution in [2.24, 2.45) is 0 Å². The highest BCUT2D eigenvalue weighted by Gasteiger charge is 2.41. The zero-order valence-electron chi connectivity index (χ0n) is 18.9. The number of carbonyl (C=O) groups excluding carboxylic acids is 2. The second-order valence-corrected chi connectivity index (χ2v) is 10.3. The number of hydrogen-bond donors (Lipinski definition) is 0. The molecule has 2 aliphatic heterocycles. The minimum Gasteiger partial charge on any atom is -0.368 e. The number of anilines is 1. The Morgan fingerprint density at radius 2 is 1.58 bits per heavy atom. The van der Waals surface area contributed by atoms with Crippen LogP contribution < -0.4 is 4.90 Å². The van der Waals surface area contributed by atoms with Crippen LogP contribution in [0.2, 0.25) is 0 Å². The SMILES string of the molecule is O=C(CN1C(=O)/C(=C/c2ccccc2)SC2CCCCC21)N1CCN(c2ccccc2)CC1. The molecule has 1 saturated carbocycles. The van der Waals surface area contributed by atoms with E-state index in [-0.39, 0.29) is 24.4 Å². The maximum Gasteiger partial charge on any atom is 0.261 e. The van der Waals surface area contributed by atoms with Gasteiger partial charge in [0.1, 0.15) is 6.54 Å². The first-order valence-corrected chi connectivity index (χ1v) is 12.9. The van der Waals surface area contributed by atoms with Gasteiger partial charge in [-0.2, -0.15) is 0 Å². The lowest BCUT2D eigenvalue weighted by Gasteiger charge is -2.45. The summed E-state index contributed by atoms with van der Waals surface area (Å²) in [5, 5.41) is 0.383. The summed E-state index contributed by atoms with van der Waals surface area (Å²) in [6.45, 7) is 3.24. The first-order valence-electron chi connectivity index (χ1n) is 12.0. The number of hydrogen-bond acceptors (Lipinski definition) is 4. The van der Waals surface area contributed by atoms with Crippen LogP contribution in [0.4, 0.5) is 5.69 Å². The fourth-order valence-electron chi connectivity index (χ4n) is 5.16. The monoisotopic (exact) mass is 461 g/mol. The van der Waals surface area contributed by atoms with Crippen LogP contribution in [0.15, 0.2) is 65.6 Å². The molecule has 0 bridgehead atoms. The third-order valence-corrected chi connectivity index (χ3v) is 8.37. The van der Waals surface area contributed by atoms with E-state index in [4.69, 9.17) is 0 Å². The van der Waals surface area contributed by atoms with E-state index in [0.717, 1.165) is 42.8 Å². The Bertz CT molecular complexity index is 1000. The Balaban J connectivity index is 1.28. The first-order chi connectivity index (χ1) is 16.2. The van der Waals surface area contributed by atoms with Crippen LogP contribution >= 0.6 is 11.8 Å². The largest absolute Gasteiger partial charge is 0.368 e. The van der Waals surface area contributed by atoms with Gasteiger partial charge >= 0.3 is 0 Å². The van der Waals surface area contributed by atoms with E-state index in [1.807, 2.05) is 64.4 Å². The Morgan fingerprint density at radius 3 is 2.30 bits per heavy atom. The molecule has 6 heteroatoms. The number of rotatable bonds is 4. The van der Waals surface area contributed by atoms with Gasteiger partial charge in [-0.25, -0.2) is 0 Å². The summed E-state index contributed by atoms with van der Waals surface area (Å²) in [6, 6.07) is 20.5. The van der Waals surface area contributed by atoms with E-state index in [2.05, 4.69) is 17.0 Å². The van der Waals surface area contributed by atoms with Crippen LogP contribution in [0, 0.1) is 0 Å². The van der Waals surface area contributed by atoms with Gasteiger partial charge in [0.2, 0.25) is 5.91 Å². The predicted octanol–water partition coefficient (Wildman–Crippen LogP) is 4.26. The number of benzene rings is 2. The molecular weight excluding hydrogens is 430 g/mol. The molecule has 2 heterocycles. The summed E-state index contributed by atoms with van der Waals surface area (Å²) in [6.07, 6.45) is 6.43. The molecule has 0 radical (unpaired) electrons. The van der Waals surface area contributed by atoms with Gasteiger partial charge in [-0.1, -0.05) is 61.4 Å². The van der Waals surface area contributed by atoms with Gasteiger partial charge in [0, 0.05) is 43.2 Å². The molecule has 1 aliphatic carbocycles. The van der Waals surface area contributed by atoms with Crippen molar-refractivity contribution in [3.8, 4) is 0 Å². The lowest BCUT2D eigenvalue weighted by atomic mass is 9.93. The van der Waals surface area contributed by atoms with Crippen molar-refractivity contribution in [3.05, 3.63) is 71.1 Å². The van der Waals surface area contributed by atoms with Crippen molar-refractivity contribution >= 4 is 35.3 Å². The van der Waals surface area contributed by atoms with Crippen LogP contribution in [-0.4, -0.2) is 65.6 Å². The number of amides is 2. The van der Waals surface area contributed by atoms with Crippen LogP contribution in [-0.2, 0) is 9.59 Å². The molecule has 2 amide bonds. The van der Waals surface area contributed by atoms with Gasteiger partial charge < -0.3 is 14.7 Å². The number of para-hydroxylation sites is 1. The topological polar surface area (TPSA) is 43.9 Å². The van der Waals surface area contributed by atoms with E-state index in [1.54, 1.807) is 11.8 Å². The molecule has 33 heavy (non-hydrogen) atoms. The molecule has 2 saturated heterocycles. The quantitative estimate of drug-likeness (QED) is 0.638. The highest BCUT2D eigenvalue weighted by Crippen LogP contribution is 2.42. The normalized spacial score (nSPS) is 24.7. The lowest BCUT2D eigenvalue weighted by molar-refractivity contribution is -0.140. The summed E-state index contributed by atoms with van der Waals surface area (Å²) in [4.78, 5) is 33.7.